The molecule has 1 heterocycles. The number of hydrogen-bond donors (Lipinski definition) is 0. The normalized spacial score (nSPS) is 28.5. The molecule has 4 aromatic carbocycles. The van der Waals surface area contributed by atoms with Crippen LogP contribution in [0.5, 0.6) is 0 Å². The highest BCUT2D eigenvalue weighted by atomic mass is 16.3. The summed E-state index contributed by atoms with van der Waals surface area (Å²) < 4.78 is 6.77. The summed E-state index contributed by atoms with van der Waals surface area (Å²) in [6.07, 6.45) is 38.1. The molecule has 5 aromatic rings. The lowest BCUT2D eigenvalue weighted by Gasteiger charge is -2.44. The average Bonchev–Trinajstić information content (AvgIpc) is 3.62. The fraction of sp³-hybridized carbons (Fsp3) is 0.154. The van der Waals surface area contributed by atoms with Gasteiger partial charge in [-0.05, 0) is 98.5 Å². The number of fused-ring (bicyclic) bond motifs is 10. The van der Waals surface area contributed by atoms with Crippen LogP contribution in [0.3, 0.4) is 0 Å². The highest BCUT2D eigenvalue weighted by Gasteiger charge is 2.41. The van der Waals surface area contributed by atoms with Crippen molar-refractivity contribution in [3.05, 3.63) is 211 Å². The molecule has 1 heteroatoms. The van der Waals surface area contributed by atoms with E-state index in [-0.39, 0.29) is 11.8 Å². The first-order chi connectivity index (χ1) is 26.3. The number of allylic oxidation sites excluding steroid dienone is 17. The second-order valence-corrected chi connectivity index (χ2v) is 15.5. The van der Waals surface area contributed by atoms with Crippen LogP contribution in [0.25, 0.3) is 50.4 Å². The van der Waals surface area contributed by atoms with Gasteiger partial charge in [0.25, 0.3) is 0 Å². The molecule has 11 rings (SSSR count). The van der Waals surface area contributed by atoms with Crippen molar-refractivity contribution in [2.45, 2.75) is 5.92 Å². The minimum atomic E-state index is 0.196. The van der Waals surface area contributed by atoms with E-state index in [0.29, 0.717) is 35.5 Å². The zero-order valence-electron chi connectivity index (χ0n) is 29.5. The number of hydrogen-bond acceptors (Lipinski definition) is 1. The predicted octanol–water partition coefficient (Wildman–Crippen LogP) is 13.1. The maximum absolute atomic E-state index is 6.77. The summed E-state index contributed by atoms with van der Waals surface area (Å²) in [5, 5.41) is 1.22. The Labute approximate surface area is 311 Å². The van der Waals surface area contributed by atoms with Crippen LogP contribution in [0.15, 0.2) is 193 Å². The molecular weight excluding hydrogens is 641 g/mol. The number of furan rings is 1. The van der Waals surface area contributed by atoms with Gasteiger partial charge in [-0.1, -0.05) is 164 Å². The largest absolute Gasteiger partial charge is 0.456 e. The third kappa shape index (κ3) is 5.06. The van der Waals surface area contributed by atoms with E-state index in [1.54, 1.807) is 0 Å². The molecule has 0 aliphatic heterocycles. The Balaban J connectivity index is 1.04. The summed E-state index contributed by atoms with van der Waals surface area (Å²) >= 11 is 0. The van der Waals surface area contributed by atoms with Crippen molar-refractivity contribution in [3.63, 3.8) is 0 Å². The van der Waals surface area contributed by atoms with Gasteiger partial charge in [-0.25, -0.2) is 0 Å². The molecule has 0 radical (unpaired) electrons. The minimum Gasteiger partial charge on any atom is -0.456 e. The van der Waals surface area contributed by atoms with Crippen molar-refractivity contribution >= 4 is 28.2 Å². The van der Waals surface area contributed by atoms with Gasteiger partial charge in [-0.3, -0.25) is 0 Å². The number of rotatable bonds is 4. The van der Waals surface area contributed by atoms with E-state index in [0.717, 1.165) is 11.3 Å². The molecule has 0 fully saturated rings. The van der Waals surface area contributed by atoms with Gasteiger partial charge in [-0.2, -0.15) is 0 Å². The monoisotopic (exact) mass is 680 g/mol. The SMILES string of the molecule is C1=CC2C=CC3C4C=CC(c5cc(-c6ccccc6)cc(-c6cccc7oc8c(c67)C6C=CC=CC6C(c6ccccc6)=C8)c5)=CC4C=CC3C2C=C1. The van der Waals surface area contributed by atoms with E-state index >= 15 is 0 Å². The Bertz CT molecular complexity index is 2540. The summed E-state index contributed by atoms with van der Waals surface area (Å²) in [7, 11) is 0. The van der Waals surface area contributed by atoms with Crippen LogP contribution in [0.1, 0.15) is 28.4 Å². The van der Waals surface area contributed by atoms with E-state index in [1.807, 2.05) is 0 Å². The van der Waals surface area contributed by atoms with Crippen LogP contribution in [0, 0.1) is 41.4 Å². The smallest absolute Gasteiger partial charge is 0.135 e. The highest BCUT2D eigenvalue weighted by molar-refractivity contribution is 6.03. The molecule has 0 spiro atoms. The minimum absolute atomic E-state index is 0.196. The summed E-state index contributed by atoms with van der Waals surface area (Å²) in [4.78, 5) is 0. The fourth-order valence-corrected chi connectivity index (χ4v) is 10.2. The molecule has 53 heavy (non-hydrogen) atoms. The summed E-state index contributed by atoms with van der Waals surface area (Å²) in [5.74, 6) is 4.43. The molecule has 0 amide bonds. The van der Waals surface area contributed by atoms with Crippen molar-refractivity contribution < 1.29 is 4.42 Å². The lowest BCUT2D eigenvalue weighted by Crippen LogP contribution is -2.37. The standard InChI is InChI=1S/C52H40O/c1-3-12-33(13-4-1)38-29-39(36-23-25-42-37(28-36)24-27-45-41-17-8-7-16-35(41)22-26-46(42)45)31-40(30-38)43-20-11-21-49-51(43)52-47-19-10-9-18-44(47)48(32-50(52)53-49)34-14-5-2-6-15-34/h1-32,35,37,41-42,44-47H. The summed E-state index contributed by atoms with van der Waals surface area (Å²) in [5.41, 5.74) is 12.2. The van der Waals surface area contributed by atoms with E-state index in [2.05, 4.69) is 194 Å². The van der Waals surface area contributed by atoms with Gasteiger partial charge in [0.15, 0.2) is 0 Å². The van der Waals surface area contributed by atoms with Crippen molar-refractivity contribution in [2.24, 2.45) is 41.4 Å². The Morgan fingerprint density at radius 3 is 1.96 bits per heavy atom. The zero-order valence-corrected chi connectivity index (χ0v) is 29.5. The molecule has 6 aliphatic rings. The molecule has 254 valence electrons. The maximum Gasteiger partial charge on any atom is 0.135 e. The van der Waals surface area contributed by atoms with Gasteiger partial charge in [0, 0.05) is 34.6 Å². The van der Waals surface area contributed by atoms with E-state index < -0.39 is 0 Å². The van der Waals surface area contributed by atoms with Crippen molar-refractivity contribution in [3.8, 4) is 22.3 Å². The predicted molar refractivity (Wildman–Crippen MR) is 221 cm³/mol. The van der Waals surface area contributed by atoms with Gasteiger partial charge in [0.2, 0.25) is 0 Å². The third-order valence-electron chi connectivity index (χ3n) is 12.7. The first kappa shape index (κ1) is 30.7. The topological polar surface area (TPSA) is 13.1 Å². The van der Waals surface area contributed by atoms with E-state index in [1.165, 1.54) is 55.5 Å². The van der Waals surface area contributed by atoms with E-state index in [9.17, 15) is 0 Å². The average molecular weight is 681 g/mol. The lowest BCUT2D eigenvalue weighted by atomic mass is 9.59. The molecule has 0 saturated carbocycles. The maximum atomic E-state index is 6.77. The zero-order chi connectivity index (χ0) is 34.9. The lowest BCUT2D eigenvalue weighted by molar-refractivity contribution is 0.231. The molecular formula is C52H40O. The molecule has 1 aromatic heterocycles. The second-order valence-electron chi connectivity index (χ2n) is 15.5. The first-order valence-corrected chi connectivity index (χ1v) is 19.3. The van der Waals surface area contributed by atoms with Crippen molar-refractivity contribution in [1.29, 1.82) is 0 Å². The van der Waals surface area contributed by atoms with E-state index in [4.69, 9.17) is 4.42 Å². The Hall–Kier alpha value is -5.92. The van der Waals surface area contributed by atoms with Gasteiger partial charge >= 0.3 is 0 Å². The Morgan fingerprint density at radius 1 is 0.453 bits per heavy atom. The molecule has 0 bridgehead atoms. The Morgan fingerprint density at radius 2 is 1.13 bits per heavy atom. The van der Waals surface area contributed by atoms with Crippen LogP contribution in [0.2, 0.25) is 0 Å². The molecule has 8 atom stereocenters. The molecule has 8 unspecified atom stereocenters. The summed E-state index contributed by atoms with van der Waals surface area (Å²) in [6, 6.07) is 35.4. The quantitative estimate of drug-likeness (QED) is 0.172. The van der Waals surface area contributed by atoms with Crippen molar-refractivity contribution in [2.75, 3.05) is 0 Å². The van der Waals surface area contributed by atoms with Crippen LogP contribution in [-0.4, -0.2) is 0 Å². The molecule has 0 N–H and O–H groups in total. The molecule has 1 nitrogen and oxygen atoms in total. The van der Waals surface area contributed by atoms with Crippen LogP contribution >= 0.6 is 0 Å². The number of benzene rings is 4. The fourth-order valence-electron chi connectivity index (χ4n) is 10.2. The molecule has 6 aliphatic carbocycles. The van der Waals surface area contributed by atoms with Gasteiger partial charge in [0.1, 0.15) is 11.3 Å². The van der Waals surface area contributed by atoms with Crippen LogP contribution in [0.4, 0.5) is 0 Å². The molecule has 0 saturated heterocycles. The van der Waals surface area contributed by atoms with Gasteiger partial charge in [-0.15, -0.1) is 0 Å². The third-order valence-corrected chi connectivity index (χ3v) is 12.7. The highest BCUT2D eigenvalue weighted by Crippen LogP contribution is 2.52. The van der Waals surface area contributed by atoms with Crippen LogP contribution < -0.4 is 0 Å². The first-order valence-electron chi connectivity index (χ1n) is 19.3. The Kier molecular flexibility index (Phi) is 7.15. The van der Waals surface area contributed by atoms with Crippen molar-refractivity contribution in [1.82, 2.24) is 0 Å². The van der Waals surface area contributed by atoms with Gasteiger partial charge < -0.3 is 4.42 Å². The summed E-state index contributed by atoms with van der Waals surface area (Å²) in [6.45, 7) is 0. The van der Waals surface area contributed by atoms with Gasteiger partial charge in [0.05, 0.1) is 0 Å². The van der Waals surface area contributed by atoms with Crippen LogP contribution in [-0.2, 0) is 0 Å². The second kappa shape index (κ2) is 12.3.